The summed E-state index contributed by atoms with van der Waals surface area (Å²) in [5.74, 6) is 1.44. The van der Waals surface area contributed by atoms with E-state index in [0.717, 1.165) is 12.2 Å². The Balaban J connectivity index is 1.63. The summed E-state index contributed by atoms with van der Waals surface area (Å²) in [6.45, 7) is 4.39. The van der Waals surface area contributed by atoms with Crippen molar-refractivity contribution in [1.29, 1.82) is 0 Å². The number of carbonyl (C=O) groups excluding carboxylic acids is 2. The second kappa shape index (κ2) is 7.92. The van der Waals surface area contributed by atoms with Crippen LogP contribution < -0.4 is 10.6 Å². The fourth-order valence-corrected chi connectivity index (χ4v) is 3.87. The molecule has 0 aliphatic carbocycles. The lowest BCUT2D eigenvalue weighted by Gasteiger charge is -2.32. The third-order valence-electron chi connectivity index (χ3n) is 3.41. The molecular weight excluding hydrogens is 316 g/mol. The van der Waals surface area contributed by atoms with Crippen LogP contribution in [0.25, 0.3) is 0 Å². The van der Waals surface area contributed by atoms with Gasteiger partial charge in [-0.05, 0) is 38.2 Å². The van der Waals surface area contributed by atoms with Gasteiger partial charge in [0.05, 0.1) is 4.75 Å². The van der Waals surface area contributed by atoms with Gasteiger partial charge in [-0.25, -0.2) is 0 Å². The fraction of sp³-hybridized carbons (Fsp3) is 0.500. The Bertz CT molecular complexity index is 520. The molecule has 2 rings (SSSR count). The average Bonchev–Trinajstić information content (AvgIpc) is 2.50. The quantitative estimate of drug-likeness (QED) is 0.617. The van der Waals surface area contributed by atoms with Gasteiger partial charge in [-0.2, -0.15) is 0 Å². The number of benzene rings is 1. The molecule has 1 fully saturated rings. The highest BCUT2D eigenvalue weighted by Crippen LogP contribution is 2.28. The summed E-state index contributed by atoms with van der Waals surface area (Å²) in [5, 5.41) is 5.70. The molecule has 4 nitrogen and oxygen atoms in total. The van der Waals surface area contributed by atoms with E-state index in [2.05, 4.69) is 22.8 Å². The van der Waals surface area contributed by atoms with Gasteiger partial charge < -0.3 is 10.6 Å². The van der Waals surface area contributed by atoms with Crippen LogP contribution >= 0.6 is 23.5 Å². The highest BCUT2D eigenvalue weighted by atomic mass is 32.2. The van der Waals surface area contributed by atoms with Crippen LogP contribution in [0, 0.1) is 0 Å². The Labute approximate surface area is 140 Å². The van der Waals surface area contributed by atoms with Gasteiger partial charge in [0.2, 0.25) is 11.8 Å². The Morgan fingerprint density at radius 3 is 2.82 bits per heavy atom. The minimum absolute atomic E-state index is 0.0662. The SMILES string of the molecule is CC1(C)SC[C@@H](C(=O)NCCCSc2ccccc2)NC1=O. The first kappa shape index (κ1) is 17.2. The van der Waals surface area contributed by atoms with Crippen molar-refractivity contribution < 1.29 is 9.59 Å². The van der Waals surface area contributed by atoms with Gasteiger partial charge in [-0.1, -0.05) is 18.2 Å². The highest BCUT2D eigenvalue weighted by molar-refractivity contribution is 8.01. The fourth-order valence-electron chi connectivity index (χ4n) is 1.99. The molecule has 1 atom stereocenters. The maximum absolute atomic E-state index is 12.0. The zero-order valence-corrected chi connectivity index (χ0v) is 14.6. The summed E-state index contributed by atoms with van der Waals surface area (Å²) >= 11 is 3.31. The van der Waals surface area contributed by atoms with Gasteiger partial charge in [-0.15, -0.1) is 23.5 Å². The molecule has 1 aliphatic heterocycles. The number of nitrogens with one attached hydrogen (secondary N) is 2. The van der Waals surface area contributed by atoms with Gasteiger partial charge >= 0.3 is 0 Å². The lowest BCUT2D eigenvalue weighted by Crippen LogP contribution is -2.57. The van der Waals surface area contributed by atoms with Crippen LogP contribution in [0.3, 0.4) is 0 Å². The molecule has 22 heavy (non-hydrogen) atoms. The topological polar surface area (TPSA) is 58.2 Å². The molecule has 1 aliphatic rings. The predicted molar refractivity (Wildman–Crippen MR) is 93.3 cm³/mol. The van der Waals surface area contributed by atoms with E-state index in [-0.39, 0.29) is 11.8 Å². The first-order valence-electron chi connectivity index (χ1n) is 7.39. The lowest BCUT2D eigenvalue weighted by atomic mass is 10.1. The molecule has 0 spiro atoms. The lowest BCUT2D eigenvalue weighted by molar-refractivity contribution is -0.129. The molecule has 2 N–H and O–H groups in total. The summed E-state index contributed by atoms with van der Waals surface area (Å²) in [6.07, 6.45) is 0.907. The van der Waals surface area contributed by atoms with Crippen LogP contribution in [-0.4, -0.2) is 40.7 Å². The maximum atomic E-state index is 12.0. The predicted octanol–water partition coefficient (Wildman–Crippen LogP) is 2.30. The van der Waals surface area contributed by atoms with Crippen LogP contribution in [0.5, 0.6) is 0 Å². The van der Waals surface area contributed by atoms with E-state index in [4.69, 9.17) is 0 Å². The summed E-state index contributed by atoms with van der Waals surface area (Å²) in [5.41, 5.74) is 0. The number of rotatable bonds is 6. The van der Waals surface area contributed by atoms with Crippen molar-refractivity contribution in [3.8, 4) is 0 Å². The Morgan fingerprint density at radius 1 is 1.41 bits per heavy atom. The monoisotopic (exact) mass is 338 g/mol. The zero-order chi connectivity index (χ0) is 16.0. The minimum Gasteiger partial charge on any atom is -0.354 e. The number of hydrogen-bond acceptors (Lipinski definition) is 4. The van der Waals surface area contributed by atoms with E-state index in [1.54, 1.807) is 11.8 Å². The molecule has 6 heteroatoms. The third kappa shape index (κ3) is 4.95. The van der Waals surface area contributed by atoms with Crippen LogP contribution in [0.15, 0.2) is 35.2 Å². The molecule has 120 valence electrons. The maximum Gasteiger partial charge on any atom is 0.243 e. The van der Waals surface area contributed by atoms with E-state index < -0.39 is 10.8 Å². The van der Waals surface area contributed by atoms with Crippen molar-refractivity contribution in [3.05, 3.63) is 30.3 Å². The smallest absolute Gasteiger partial charge is 0.243 e. The Morgan fingerprint density at radius 2 is 2.14 bits per heavy atom. The molecule has 0 aromatic heterocycles. The number of thioether (sulfide) groups is 2. The third-order valence-corrected chi connectivity index (χ3v) is 5.92. The minimum atomic E-state index is -0.441. The second-order valence-electron chi connectivity index (χ2n) is 5.65. The van der Waals surface area contributed by atoms with Crippen molar-refractivity contribution >= 4 is 35.3 Å². The van der Waals surface area contributed by atoms with Crippen molar-refractivity contribution in [2.75, 3.05) is 18.1 Å². The van der Waals surface area contributed by atoms with Gasteiger partial charge in [0.15, 0.2) is 0 Å². The van der Waals surface area contributed by atoms with Gasteiger partial charge in [-0.3, -0.25) is 9.59 Å². The molecule has 1 heterocycles. The van der Waals surface area contributed by atoms with E-state index in [1.807, 2.05) is 32.0 Å². The molecule has 0 unspecified atom stereocenters. The number of amides is 2. The van der Waals surface area contributed by atoms with E-state index in [0.29, 0.717) is 12.3 Å². The summed E-state index contributed by atoms with van der Waals surface area (Å²) in [6, 6.07) is 9.80. The zero-order valence-electron chi connectivity index (χ0n) is 12.9. The van der Waals surface area contributed by atoms with Gasteiger partial charge in [0.1, 0.15) is 6.04 Å². The first-order chi connectivity index (χ1) is 10.5. The van der Waals surface area contributed by atoms with Crippen molar-refractivity contribution in [3.63, 3.8) is 0 Å². The number of carbonyl (C=O) groups is 2. The molecule has 1 aromatic carbocycles. The van der Waals surface area contributed by atoms with Gasteiger partial charge in [0.25, 0.3) is 0 Å². The van der Waals surface area contributed by atoms with Crippen molar-refractivity contribution in [2.45, 2.75) is 36.0 Å². The van der Waals surface area contributed by atoms with Crippen molar-refractivity contribution in [2.24, 2.45) is 0 Å². The average molecular weight is 338 g/mol. The normalized spacial score (nSPS) is 20.3. The largest absolute Gasteiger partial charge is 0.354 e. The molecular formula is C16H22N2O2S2. The molecule has 1 saturated heterocycles. The van der Waals surface area contributed by atoms with Crippen molar-refractivity contribution in [1.82, 2.24) is 10.6 Å². The Hall–Kier alpha value is -1.14. The van der Waals surface area contributed by atoms with E-state index in [1.165, 1.54) is 16.7 Å². The van der Waals surface area contributed by atoms with Crippen LogP contribution in [0.2, 0.25) is 0 Å². The molecule has 0 radical (unpaired) electrons. The van der Waals surface area contributed by atoms with E-state index >= 15 is 0 Å². The summed E-state index contributed by atoms with van der Waals surface area (Å²) < 4.78 is -0.441. The summed E-state index contributed by atoms with van der Waals surface area (Å²) in [4.78, 5) is 25.1. The molecule has 0 saturated carbocycles. The highest BCUT2D eigenvalue weighted by Gasteiger charge is 2.37. The second-order valence-corrected chi connectivity index (χ2v) is 8.46. The van der Waals surface area contributed by atoms with Crippen LogP contribution in [0.1, 0.15) is 20.3 Å². The number of hydrogen-bond donors (Lipinski definition) is 2. The molecule has 0 bridgehead atoms. The summed E-state index contributed by atoms with van der Waals surface area (Å²) in [7, 11) is 0. The first-order valence-corrected chi connectivity index (χ1v) is 9.36. The van der Waals surface area contributed by atoms with Gasteiger partial charge in [0, 0.05) is 17.2 Å². The Kier molecular flexibility index (Phi) is 6.20. The standard InChI is InChI=1S/C16H22N2O2S2/c1-16(2)15(20)18-13(11-22-16)14(19)17-9-6-10-21-12-7-4-3-5-8-12/h3-5,7-8,13H,6,9-11H2,1-2H3,(H,17,19)(H,18,20)/t13-/m0/s1. The molecule has 1 aromatic rings. The molecule has 2 amide bonds. The van der Waals surface area contributed by atoms with Crippen LogP contribution in [-0.2, 0) is 9.59 Å². The van der Waals surface area contributed by atoms with E-state index in [9.17, 15) is 9.59 Å². The van der Waals surface area contributed by atoms with Crippen LogP contribution in [0.4, 0.5) is 0 Å².